The van der Waals surface area contributed by atoms with Gasteiger partial charge in [0.2, 0.25) is 0 Å². The van der Waals surface area contributed by atoms with Gasteiger partial charge in [0.1, 0.15) is 6.54 Å². The van der Waals surface area contributed by atoms with Crippen molar-refractivity contribution in [2.45, 2.75) is 0 Å². The van der Waals surface area contributed by atoms with Crippen LogP contribution in [-0.2, 0) is 4.79 Å². The average molecular weight is 252 g/mol. The molecule has 2 aromatic rings. The van der Waals surface area contributed by atoms with Gasteiger partial charge < -0.3 is 14.4 Å². The minimum atomic E-state index is -1.00. The van der Waals surface area contributed by atoms with Gasteiger partial charge in [-0.3, -0.25) is 0 Å². The van der Waals surface area contributed by atoms with Crippen LogP contribution in [0.25, 0.3) is 10.2 Å². The second kappa shape index (κ2) is 5.75. The van der Waals surface area contributed by atoms with Gasteiger partial charge in [-0.25, -0.2) is 4.98 Å². The standard InChI is InChI=1S/C7H5NS.C5H11NO2/c1-2-4-7-6(3-1)8-5-9-7;1-6(2,3)4-5(7)8/h1-5H;4H2,1-3H3. The molecule has 0 atom stereocenters. The van der Waals surface area contributed by atoms with Crippen molar-refractivity contribution in [1.82, 2.24) is 4.98 Å². The van der Waals surface area contributed by atoms with E-state index in [1.54, 1.807) is 32.5 Å². The molecule has 92 valence electrons. The highest BCUT2D eigenvalue weighted by Gasteiger charge is 2.04. The van der Waals surface area contributed by atoms with Crippen molar-refractivity contribution >= 4 is 27.5 Å². The highest BCUT2D eigenvalue weighted by molar-refractivity contribution is 7.16. The number of fused-ring (bicyclic) bond motifs is 1. The molecule has 2 rings (SSSR count). The number of carboxylic acids is 1. The maximum atomic E-state index is 9.89. The predicted octanol–water partition coefficient (Wildman–Crippen LogP) is 0.739. The van der Waals surface area contributed by atoms with Gasteiger partial charge in [-0.15, -0.1) is 11.3 Å². The Morgan fingerprint density at radius 1 is 1.35 bits per heavy atom. The van der Waals surface area contributed by atoms with Gasteiger partial charge in [0, 0.05) is 0 Å². The maximum absolute atomic E-state index is 9.89. The Morgan fingerprint density at radius 3 is 2.47 bits per heavy atom. The number of thiazole rings is 1. The topological polar surface area (TPSA) is 53.0 Å². The minimum Gasteiger partial charge on any atom is -0.544 e. The monoisotopic (exact) mass is 252 g/mol. The number of quaternary nitrogens is 1. The van der Waals surface area contributed by atoms with Crippen LogP contribution < -0.4 is 5.11 Å². The van der Waals surface area contributed by atoms with Crippen LogP contribution in [0.3, 0.4) is 0 Å². The summed E-state index contributed by atoms with van der Waals surface area (Å²) in [5.74, 6) is -1.00. The van der Waals surface area contributed by atoms with Crippen LogP contribution in [0.2, 0.25) is 0 Å². The zero-order chi connectivity index (χ0) is 12.9. The Morgan fingerprint density at radius 2 is 2.00 bits per heavy atom. The smallest absolute Gasteiger partial charge is 0.118 e. The van der Waals surface area contributed by atoms with Crippen molar-refractivity contribution in [3.05, 3.63) is 29.8 Å². The summed E-state index contributed by atoms with van der Waals surface area (Å²) in [6.07, 6.45) is 0. The summed E-state index contributed by atoms with van der Waals surface area (Å²) in [6.45, 7) is 0.0694. The molecule has 1 aromatic heterocycles. The molecule has 1 heterocycles. The Balaban J connectivity index is 0.000000172. The molecule has 0 fully saturated rings. The molecular weight excluding hydrogens is 236 g/mol. The summed E-state index contributed by atoms with van der Waals surface area (Å²) in [5.41, 5.74) is 2.97. The van der Waals surface area contributed by atoms with Crippen LogP contribution in [0, 0.1) is 0 Å². The molecule has 0 aliphatic heterocycles. The Hall–Kier alpha value is -1.46. The highest BCUT2D eigenvalue weighted by atomic mass is 32.1. The number of carbonyl (C=O) groups excluding carboxylic acids is 1. The van der Waals surface area contributed by atoms with E-state index in [1.165, 1.54) is 4.70 Å². The van der Waals surface area contributed by atoms with Crippen molar-refractivity contribution in [1.29, 1.82) is 0 Å². The van der Waals surface area contributed by atoms with Crippen LogP contribution in [0.4, 0.5) is 0 Å². The molecule has 17 heavy (non-hydrogen) atoms. The van der Waals surface area contributed by atoms with E-state index >= 15 is 0 Å². The molecule has 5 heteroatoms. The Labute approximate surface area is 105 Å². The zero-order valence-corrected chi connectivity index (χ0v) is 11.0. The number of nitrogens with zero attached hydrogens (tertiary/aromatic N) is 2. The van der Waals surface area contributed by atoms with Crippen molar-refractivity contribution in [2.75, 3.05) is 27.7 Å². The van der Waals surface area contributed by atoms with Gasteiger partial charge in [0.15, 0.2) is 0 Å². The third-order valence-corrected chi connectivity index (χ3v) is 2.65. The number of carboxylic acid groups (broad SMARTS) is 1. The number of aliphatic carboxylic acids is 1. The van der Waals surface area contributed by atoms with Crippen molar-refractivity contribution in [3.8, 4) is 0 Å². The highest BCUT2D eigenvalue weighted by Crippen LogP contribution is 2.15. The molecule has 1 aromatic carbocycles. The van der Waals surface area contributed by atoms with Crippen LogP contribution in [0.1, 0.15) is 0 Å². The van der Waals surface area contributed by atoms with Gasteiger partial charge in [0.25, 0.3) is 0 Å². The van der Waals surface area contributed by atoms with Crippen molar-refractivity contribution in [2.24, 2.45) is 0 Å². The van der Waals surface area contributed by atoms with Crippen molar-refractivity contribution in [3.63, 3.8) is 0 Å². The predicted molar refractivity (Wildman–Crippen MR) is 67.5 cm³/mol. The fourth-order valence-electron chi connectivity index (χ4n) is 1.19. The molecule has 4 nitrogen and oxygen atoms in total. The van der Waals surface area contributed by atoms with Crippen LogP contribution in [-0.4, -0.2) is 43.1 Å². The van der Waals surface area contributed by atoms with Crippen LogP contribution >= 0.6 is 11.3 Å². The number of rotatable bonds is 2. The summed E-state index contributed by atoms with van der Waals surface area (Å²) in [6, 6.07) is 8.13. The third kappa shape index (κ3) is 5.42. The Kier molecular flexibility index (Phi) is 4.60. The second-order valence-corrected chi connectivity index (χ2v) is 5.53. The number of hydrogen-bond donors (Lipinski definition) is 0. The first-order valence-electron chi connectivity index (χ1n) is 5.17. The molecule has 0 amide bonds. The largest absolute Gasteiger partial charge is 0.544 e. The van der Waals surface area contributed by atoms with Gasteiger partial charge in [-0.1, -0.05) is 12.1 Å². The maximum Gasteiger partial charge on any atom is 0.118 e. The molecule has 0 aliphatic rings. The summed E-state index contributed by atoms with van der Waals surface area (Å²) in [7, 11) is 5.40. The van der Waals surface area contributed by atoms with E-state index in [1.807, 2.05) is 23.7 Å². The molecule has 0 saturated heterocycles. The third-order valence-electron chi connectivity index (χ3n) is 1.84. The number of likely N-dealkylation sites (N-methyl/N-ethyl adjacent to an activating group) is 1. The number of para-hydroxylation sites is 1. The van der Waals surface area contributed by atoms with E-state index in [0.29, 0.717) is 4.48 Å². The lowest BCUT2D eigenvalue weighted by atomic mass is 10.3. The summed E-state index contributed by atoms with van der Waals surface area (Å²) >= 11 is 1.68. The summed E-state index contributed by atoms with van der Waals surface area (Å²) < 4.78 is 1.68. The number of hydrogen-bond acceptors (Lipinski definition) is 4. The SMILES string of the molecule is C[N+](C)(C)CC(=O)[O-].c1ccc2scnc2c1. The number of carbonyl (C=O) groups is 1. The quantitative estimate of drug-likeness (QED) is 0.741. The lowest BCUT2D eigenvalue weighted by Gasteiger charge is -2.23. The minimum absolute atomic E-state index is 0.0694. The van der Waals surface area contributed by atoms with Gasteiger partial charge >= 0.3 is 0 Å². The fourth-order valence-corrected chi connectivity index (χ4v) is 1.87. The fraction of sp³-hybridized carbons (Fsp3) is 0.333. The normalized spacial score (nSPS) is 10.8. The van der Waals surface area contributed by atoms with E-state index in [0.717, 1.165) is 5.52 Å². The number of aromatic nitrogens is 1. The summed E-state index contributed by atoms with van der Waals surface area (Å²) in [4.78, 5) is 14.0. The average Bonchev–Trinajstić information content (AvgIpc) is 2.61. The lowest BCUT2D eigenvalue weighted by Crippen LogP contribution is -2.45. The molecule has 0 bridgehead atoms. The molecule has 0 spiro atoms. The molecule has 0 aliphatic carbocycles. The van der Waals surface area contributed by atoms with E-state index < -0.39 is 5.97 Å². The number of benzene rings is 1. The van der Waals surface area contributed by atoms with E-state index in [-0.39, 0.29) is 6.54 Å². The van der Waals surface area contributed by atoms with E-state index in [2.05, 4.69) is 11.1 Å². The molecular formula is C12H16N2O2S. The first-order valence-corrected chi connectivity index (χ1v) is 6.05. The lowest BCUT2D eigenvalue weighted by molar-refractivity contribution is -0.864. The first kappa shape index (κ1) is 13.6. The molecule has 0 unspecified atom stereocenters. The first-order chi connectivity index (χ1) is 7.88. The molecule has 0 radical (unpaired) electrons. The molecule has 0 N–H and O–H groups in total. The van der Waals surface area contributed by atoms with Crippen LogP contribution in [0.15, 0.2) is 29.8 Å². The van der Waals surface area contributed by atoms with E-state index in [4.69, 9.17) is 0 Å². The second-order valence-electron chi connectivity index (χ2n) is 4.64. The van der Waals surface area contributed by atoms with E-state index in [9.17, 15) is 9.90 Å². The van der Waals surface area contributed by atoms with Gasteiger partial charge in [-0.05, 0) is 12.1 Å². The summed E-state index contributed by atoms with van der Waals surface area (Å²) in [5, 5.41) is 9.89. The van der Waals surface area contributed by atoms with Gasteiger partial charge in [0.05, 0.1) is 42.8 Å². The molecule has 0 saturated carbocycles. The zero-order valence-electron chi connectivity index (χ0n) is 10.2. The van der Waals surface area contributed by atoms with Crippen molar-refractivity contribution < 1.29 is 14.4 Å². The van der Waals surface area contributed by atoms with Gasteiger partial charge in [-0.2, -0.15) is 0 Å². The van der Waals surface area contributed by atoms with Crippen LogP contribution in [0.5, 0.6) is 0 Å². The Bertz CT molecular complexity index is 458.